The summed E-state index contributed by atoms with van der Waals surface area (Å²) in [5, 5.41) is 0. The number of rotatable bonds is 1. The molecule has 0 radical (unpaired) electrons. The van der Waals surface area contributed by atoms with Gasteiger partial charge in [-0.05, 0) is 40.3 Å². The fraction of sp³-hybridized carbons (Fsp3) is 0.100. The van der Waals surface area contributed by atoms with Crippen LogP contribution in [0.4, 0.5) is 0 Å². The lowest BCUT2D eigenvalue weighted by atomic mass is 10.2. The van der Waals surface area contributed by atoms with Gasteiger partial charge in [0.1, 0.15) is 0 Å². The predicted molar refractivity (Wildman–Crippen MR) is 61.4 cm³/mol. The van der Waals surface area contributed by atoms with Gasteiger partial charge < -0.3 is 4.57 Å². The molecule has 1 aromatic carbocycles. The summed E-state index contributed by atoms with van der Waals surface area (Å²) in [6.45, 7) is 0. The summed E-state index contributed by atoms with van der Waals surface area (Å²) in [7, 11) is 2.00. The van der Waals surface area contributed by atoms with E-state index in [0.29, 0.717) is 0 Å². The van der Waals surface area contributed by atoms with Gasteiger partial charge in [-0.3, -0.25) is 0 Å². The normalized spacial score (nSPS) is 10.3. The Hall–Kier alpha value is -0.840. The first-order valence-corrected chi connectivity index (χ1v) is 5.07. The van der Waals surface area contributed by atoms with Crippen LogP contribution in [0.2, 0.25) is 0 Å². The molecule has 0 fully saturated rings. The van der Waals surface area contributed by atoms with Crippen LogP contribution in [0.1, 0.15) is 0 Å². The Morgan fingerprint density at radius 3 is 2.46 bits per heavy atom. The van der Waals surface area contributed by atoms with Gasteiger partial charge in [-0.1, -0.05) is 12.1 Å². The van der Waals surface area contributed by atoms with Crippen molar-refractivity contribution in [1.29, 1.82) is 0 Å². The number of aryl methyl sites for hydroxylation is 1. The van der Waals surface area contributed by atoms with Gasteiger partial charge in [0.05, 0.1) is 18.2 Å². The Bertz CT molecular complexity index is 403. The van der Waals surface area contributed by atoms with E-state index in [0.717, 1.165) is 5.69 Å². The molecular formula is C10H9IN2. The van der Waals surface area contributed by atoms with E-state index in [2.05, 4.69) is 51.8 Å². The van der Waals surface area contributed by atoms with Crippen molar-refractivity contribution in [3.63, 3.8) is 0 Å². The lowest BCUT2D eigenvalue weighted by Gasteiger charge is -2.01. The molecule has 2 aromatic rings. The highest BCUT2D eigenvalue weighted by atomic mass is 127. The second-order valence-corrected chi connectivity index (χ2v) is 4.14. The van der Waals surface area contributed by atoms with Crippen LogP contribution in [0.5, 0.6) is 0 Å². The highest BCUT2D eigenvalue weighted by Gasteiger charge is 2.00. The van der Waals surface area contributed by atoms with Crippen molar-refractivity contribution in [1.82, 2.24) is 9.55 Å². The fourth-order valence-electron chi connectivity index (χ4n) is 1.26. The lowest BCUT2D eigenvalue weighted by molar-refractivity contribution is 0.921. The number of hydrogen-bond acceptors (Lipinski definition) is 1. The van der Waals surface area contributed by atoms with Gasteiger partial charge in [0.15, 0.2) is 0 Å². The molecule has 0 saturated carbocycles. The van der Waals surface area contributed by atoms with Crippen molar-refractivity contribution in [2.45, 2.75) is 0 Å². The fourth-order valence-corrected chi connectivity index (χ4v) is 1.62. The van der Waals surface area contributed by atoms with Crippen LogP contribution in [-0.2, 0) is 7.05 Å². The Morgan fingerprint density at radius 2 is 1.92 bits per heavy atom. The first-order valence-electron chi connectivity index (χ1n) is 3.99. The zero-order chi connectivity index (χ0) is 9.26. The molecule has 0 amide bonds. The first kappa shape index (κ1) is 8.74. The summed E-state index contributed by atoms with van der Waals surface area (Å²) in [5.74, 6) is 0. The summed E-state index contributed by atoms with van der Waals surface area (Å²) in [6.07, 6.45) is 3.69. The molecule has 3 heteroatoms. The molecule has 0 aliphatic rings. The van der Waals surface area contributed by atoms with Crippen molar-refractivity contribution in [2.24, 2.45) is 7.05 Å². The van der Waals surface area contributed by atoms with Gasteiger partial charge in [0.25, 0.3) is 0 Å². The van der Waals surface area contributed by atoms with Crippen molar-refractivity contribution >= 4 is 22.6 Å². The lowest BCUT2D eigenvalue weighted by Crippen LogP contribution is -1.88. The summed E-state index contributed by atoms with van der Waals surface area (Å²) < 4.78 is 3.27. The number of benzene rings is 1. The SMILES string of the molecule is Cn1cncc1-c1ccc(I)cc1. The van der Waals surface area contributed by atoms with Gasteiger partial charge in [-0.2, -0.15) is 0 Å². The standard InChI is InChI=1S/C10H9IN2/c1-13-7-12-6-10(13)8-2-4-9(11)5-3-8/h2-7H,1H3. The topological polar surface area (TPSA) is 17.8 Å². The van der Waals surface area contributed by atoms with Gasteiger partial charge in [0, 0.05) is 10.6 Å². The van der Waals surface area contributed by atoms with Gasteiger partial charge >= 0.3 is 0 Å². The van der Waals surface area contributed by atoms with Crippen LogP contribution >= 0.6 is 22.6 Å². The third-order valence-corrected chi connectivity index (χ3v) is 2.68. The van der Waals surface area contributed by atoms with Gasteiger partial charge in [-0.15, -0.1) is 0 Å². The largest absolute Gasteiger partial charge is 0.334 e. The highest BCUT2D eigenvalue weighted by molar-refractivity contribution is 14.1. The Kier molecular flexibility index (Phi) is 2.35. The average Bonchev–Trinajstić information content (AvgIpc) is 2.53. The summed E-state index contributed by atoms with van der Waals surface area (Å²) in [6, 6.07) is 8.42. The molecule has 66 valence electrons. The smallest absolute Gasteiger partial charge is 0.0948 e. The van der Waals surface area contributed by atoms with E-state index >= 15 is 0 Å². The Labute approximate surface area is 90.8 Å². The van der Waals surface area contributed by atoms with Crippen molar-refractivity contribution in [2.75, 3.05) is 0 Å². The molecule has 0 aliphatic heterocycles. The molecule has 1 heterocycles. The molecule has 2 nitrogen and oxygen atoms in total. The van der Waals surface area contributed by atoms with Crippen molar-refractivity contribution < 1.29 is 0 Å². The molecule has 0 spiro atoms. The van der Waals surface area contributed by atoms with E-state index in [9.17, 15) is 0 Å². The maximum atomic E-state index is 4.08. The number of hydrogen-bond donors (Lipinski definition) is 0. The molecule has 0 bridgehead atoms. The predicted octanol–water partition coefficient (Wildman–Crippen LogP) is 2.69. The zero-order valence-electron chi connectivity index (χ0n) is 7.24. The summed E-state index contributed by atoms with van der Waals surface area (Å²) >= 11 is 2.30. The molecule has 0 aliphatic carbocycles. The minimum atomic E-state index is 1.15. The molecule has 0 atom stereocenters. The first-order chi connectivity index (χ1) is 6.27. The Morgan fingerprint density at radius 1 is 1.23 bits per heavy atom. The molecule has 0 saturated heterocycles. The van der Waals surface area contributed by atoms with E-state index in [1.807, 2.05) is 24.1 Å². The van der Waals surface area contributed by atoms with Gasteiger partial charge in [0.2, 0.25) is 0 Å². The van der Waals surface area contributed by atoms with Crippen LogP contribution in [0.25, 0.3) is 11.3 Å². The zero-order valence-corrected chi connectivity index (χ0v) is 9.39. The number of halogens is 1. The minimum Gasteiger partial charge on any atom is -0.334 e. The number of aromatic nitrogens is 2. The summed E-state index contributed by atoms with van der Waals surface area (Å²) in [5.41, 5.74) is 2.36. The molecular weight excluding hydrogens is 275 g/mol. The van der Waals surface area contributed by atoms with E-state index in [1.54, 1.807) is 0 Å². The van der Waals surface area contributed by atoms with Crippen LogP contribution in [0.3, 0.4) is 0 Å². The third-order valence-electron chi connectivity index (χ3n) is 1.96. The van der Waals surface area contributed by atoms with Crippen molar-refractivity contribution in [3.05, 3.63) is 40.4 Å². The van der Waals surface area contributed by atoms with Gasteiger partial charge in [-0.25, -0.2) is 4.98 Å². The molecule has 0 unspecified atom stereocenters. The van der Waals surface area contributed by atoms with E-state index in [4.69, 9.17) is 0 Å². The van der Waals surface area contributed by atoms with Crippen molar-refractivity contribution in [3.8, 4) is 11.3 Å². The average molecular weight is 284 g/mol. The maximum Gasteiger partial charge on any atom is 0.0948 e. The number of imidazole rings is 1. The highest BCUT2D eigenvalue weighted by Crippen LogP contribution is 2.18. The molecule has 2 rings (SSSR count). The monoisotopic (exact) mass is 284 g/mol. The van der Waals surface area contributed by atoms with E-state index in [1.165, 1.54) is 9.13 Å². The van der Waals surface area contributed by atoms with Crippen LogP contribution < -0.4 is 0 Å². The van der Waals surface area contributed by atoms with Crippen LogP contribution in [0.15, 0.2) is 36.8 Å². The maximum absolute atomic E-state index is 4.08. The second kappa shape index (κ2) is 3.49. The van der Waals surface area contributed by atoms with Crippen LogP contribution in [0, 0.1) is 3.57 Å². The quantitative estimate of drug-likeness (QED) is 0.736. The molecule has 1 aromatic heterocycles. The molecule has 13 heavy (non-hydrogen) atoms. The number of nitrogens with zero attached hydrogens (tertiary/aromatic N) is 2. The van der Waals surface area contributed by atoms with Crippen LogP contribution in [-0.4, -0.2) is 9.55 Å². The van der Waals surface area contributed by atoms with E-state index in [-0.39, 0.29) is 0 Å². The molecule has 0 N–H and O–H groups in total. The Balaban J connectivity index is 2.47. The second-order valence-electron chi connectivity index (χ2n) is 2.90. The summed E-state index contributed by atoms with van der Waals surface area (Å²) in [4.78, 5) is 4.08. The minimum absolute atomic E-state index is 1.15. The third kappa shape index (κ3) is 1.75. The van der Waals surface area contributed by atoms with E-state index < -0.39 is 0 Å².